The summed E-state index contributed by atoms with van der Waals surface area (Å²) in [4.78, 5) is 8.86. The van der Waals surface area contributed by atoms with E-state index in [4.69, 9.17) is 26.2 Å². The average molecular weight is 377 g/mol. The molecule has 1 saturated heterocycles. The van der Waals surface area contributed by atoms with Gasteiger partial charge in [-0.3, -0.25) is 0 Å². The van der Waals surface area contributed by atoms with Crippen LogP contribution < -0.4 is 15.4 Å². The van der Waals surface area contributed by atoms with Crippen molar-refractivity contribution < 1.29 is 9.47 Å². The van der Waals surface area contributed by atoms with Crippen LogP contribution in [0.25, 0.3) is 0 Å². The number of hydrogen-bond acceptors (Lipinski definition) is 7. The van der Waals surface area contributed by atoms with Gasteiger partial charge >= 0.3 is 0 Å². The normalized spacial score (nSPS) is 25.0. The van der Waals surface area contributed by atoms with E-state index in [1.54, 1.807) is 6.20 Å². The number of aryl methyl sites for hydroxylation is 1. The van der Waals surface area contributed by atoms with Crippen LogP contribution in [0.15, 0.2) is 6.20 Å². The Labute approximate surface area is 156 Å². The fourth-order valence-corrected chi connectivity index (χ4v) is 3.78. The van der Waals surface area contributed by atoms with Gasteiger partial charge in [0.1, 0.15) is 16.8 Å². The zero-order chi connectivity index (χ0) is 17.7. The number of hydrogen-bond donors (Lipinski definition) is 2. The van der Waals surface area contributed by atoms with Crippen molar-refractivity contribution in [2.24, 2.45) is 5.92 Å². The summed E-state index contributed by atoms with van der Waals surface area (Å²) in [7, 11) is 0. The van der Waals surface area contributed by atoms with Crippen molar-refractivity contribution in [2.45, 2.75) is 38.3 Å². The molecule has 2 fully saturated rings. The van der Waals surface area contributed by atoms with Gasteiger partial charge in [-0.2, -0.15) is 10.1 Å². The molecule has 1 saturated carbocycles. The first-order valence-electron chi connectivity index (χ1n) is 9.06. The van der Waals surface area contributed by atoms with Gasteiger partial charge in [-0.1, -0.05) is 11.6 Å². The van der Waals surface area contributed by atoms with E-state index in [1.807, 2.05) is 11.6 Å². The minimum absolute atomic E-state index is 0.0379. The smallest absolute Gasteiger partial charge is 0.230 e. The van der Waals surface area contributed by atoms with Crippen LogP contribution in [0, 0.1) is 12.8 Å². The highest BCUT2D eigenvalue weighted by molar-refractivity contribution is 6.32. The largest absolute Gasteiger partial charge is 0.482 e. The molecular weight excluding hydrogens is 356 g/mol. The molecule has 0 amide bonds. The number of nitrogens with zero attached hydrogens (tertiary/aromatic N) is 4. The van der Waals surface area contributed by atoms with Gasteiger partial charge in [-0.15, -0.1) is 0 Å². The van der Waals surface area contributed by atoms with Gasteiger partial charge in [0, 0.05) is 12.5 Å². The highest BCUT2D eigenvalue weighted by Crippen LogP contribution is 2.41. The van der Waals surface area contributed by atoms with Crippen molar-refractivity contribution >= 4 is 29.2 Å². The number of nitrogens with one attached hydrogen (secondary N) is 2. The molecule has 2 N–H and O–H groups in total. The first-order chi connectivity index (χ1) is 12.7. The van der Waals surface area contributed by atoms with Crippen LogP contribution >= 0.6 is 11.6 Å². The summed E-state index contributed by atoms with van der Waals surface area (Å²) in [5.41, 5.74) is 0.867. The summed E-state index contributed by atoms with van der Waals surface area (Å²) in [5.74, 6) is 2.88. The monoisotopic (exact) mass is 376 g/mol. The van der Waals surface area contributed by atoms with E-state index in [-0.39, 0.29) is 12.0 Å². The second-order valence-electron chi connectivity index (χ2n) is 7.14. The Morgan fingerprint density at radius 1 is 1.31 bits per heavy atom. The molecule has 1 aliphatic carbocycles. The number of ether oxygens (including phenoxy) is 2. The molecule has 138 valence electrons. The lowest BCUT2D eigenvalue weighted by atomic mass is 9.93. The van der Waals surface area contributed by atoms with Gasteiger partial charge < -0.3 is 20.1 Å². The predicted molar refractivity (Wildman–Crippen MR) is 97.4 cm³/mol. The second kappa shape index (κ2) is 6.28. The third-order valence-corrected chi connectivity index (χ3v) is 5.64. The van der Waals surface area contributed by atoms with Crippen LogP contribution in [-0.2, 0) is 4.74 Å². The Morgan fingerprint density at radius 3 is 3.00 bits per heavy atom. The van der Waals surface area contributed by atoms with Crippen LogP contribution in [-0.4, -0.2) is 45.6 Å². The number of fused-ring (bicyclic) bond motifs is 4. The molecule has 5 rings (SSSR count). The Kier molecular flexibility index (Phi) is 3.90. The Hall–Kier alpha value is -2.06. The zero-order valence-electron chi connectivity index (χ0n) is 14.5. The van der Waals surface area contributed by atoms with Crippen molar-refractivity contribution in [3.05, 3.63) is 16.9 Å². The number of halogens is 1. The van der Waals surface area contributed by atoms with Gasteiger partial charge in [-0.25, -0.2) is 9.67 Å². The van der Waals surface area contributed by atoms with Crippen LogP contribution in [0.2, 0.25) is 5.02 Å². The van der Waals surface area contributed by atoms with Gasteiger partial charge in [0.25, 0.3) is 0 Å². The summed E-state index contributed by atoms with van der Waals surface area (Å²) in [6.07, 6.45) is 5.04. The predicted octanol–water partition coefficient (Wildman–Crippen LogP) is 2.92. The number of aromatic nitrogens is 4. The molecule has 2 aliphatic heterocycles. The third-order valence-electron chi connectivity index (χ3n) is 5.37. The van der Waals surface area contributed by atoms with E-state index in [0.29, 0.717) is 42.6 Å². The molecule has 4 heterocycles. The molecule has 2 atom stereocenters. The minimum atomic E-state index is -0.0379. The van der Waals surface area contributed by atoms with Crippen molar-refractivity contribution in [3.63, 3.8) is 0 Å². The van der Waals surface area contributed by atoms with Gasteiger partial charge in [-0.05, 0) is 26.2 Å². The van der Waals surface area contributed by atoms with E-state index >= 15 is 0 Å². The van der Waals surface area contributed by atoms with Crippen molar-refractivity contribution in [3.8, 4) is 5.75 Å². The van der Waals surface area contributed by atoms with E-state index in [9.17, 15) is 0 Å². The maximum absolute atomic E-state index is 6.39. The van der Waals surface area contributed by atoms with E-state index in [0.717, 1.165) is 30.1 Å². The van der Waals surface area contributed by atoms with Gasteiger partial charge in [0.15, 0.2) is 17.4 Å². The molecule has 3 aliphatic rings. The lowest BCUT2D eigenvalue weighted by Gasteiger charge is -2.27. The van der Waals surface area contributed by atoms with Crippen molar-refractivity contribution in [2.75, 3.05) is 30.4 Å². The van der Waals surface area contributed by atoms with E-state index in [2.05, 4.69) is 20.6 Å². The SMILES string of the molecule is Cc1nn(C2CCC2)c2c1OC1COC[C@@H]1CNc1nc(ncc1Cl)N2. The van der Waals surface area contributed by atoms with Crippen molar-refractivity contribution in [1.29, 1.82) is 0 Å². The van der Waals surface area contributed by atoms with Crippen LogP contribution in [0.3, 0.4) is 0 Å². The molecule has 26 heavy (non-hydrogen) atoms. The molecule has 0 radical (unpaired) electrons. The lowest BCUT2D eigenvalue weighted by Crippen LogP contribution is -2.31. The molecular formula is C17H21ClN6O2. The summed E-state index contributed by atoms with van der Waals surface area (Å²) in [6.45, 7) is 3.86. The Bertz CT molecular complexity index is 837. The fraction of sp³-hybridized carbons (Fsp3) is 0.588. The quantitative estimate of drug-likeness (QED) is 0.791. The highest BCUT2D eigenvalue weighted by Gasteiger charge is 2.34. The molecule has 1 unspecified atom stereocenters. The van der Waals surface area contributed by atoms with Gasteiger partial charge in [0.05, 0.1) is 25.5 Å². The fourth-order valence-electron chi connectivity index (χ4n) is 3.62. The maximum Gasteiger partial charge on any atom is 0.230 e. The molecule has 9 heteroatoms. The summed E-state index contributed by atoms with van der Waals surface area (Å²) < 4.78 is 14.1. The highest BCUT2D eigenvalue weighted by atomic mass is 35.5. The Morgan fingerprint density at radius 2 is 2.19 bits per heavy atom. The summed E-state index contributed by atoms with van der Waals surface area (Å²) >= 11 is 6.26. The van der Waals surface area contributed by atoms with Crippen LogP contribution in [0.1, 0.15) is 31.0 Å². The summed E-state index contributed by atoms with van der Waals surface area (Å²) in [6, 6.07) is 0.388. The number of rotatable bonds is 1. The average Bonchev–Trinajstić information content (AvgIpc) is 3.13. The van der Waals surface area contributed by atoms with E-state index in [1.165, 1.54) is 6.42 Å². The van der Waals surface area contributed by atoms with E-state index < -0.39 is 0 Å². The molecule has 2 aromatic rings. The first kappa shape index (κ1) is 16.1. The molecule has 0 aromatic carbocycles. The zero-order valence-corrected chi connectivity index (χ0v) is 15.3. The molecule has 2 aromatic heterocycles. The molecule has 2 bridgehead atoms. The first-order valence-corrected chi connectivity index (χ1v) is 9.44. The maximum atomic E-state index is 6.39. The standard InChI is InChI=1S/C17H21ClN6O2/c1-9-14-16(24(23-9)11-3-2-4-11)22-17-20-6-12(18)15(21-17)19-5-10-7-25-8-13(10)26-14/h6,10-11,13H,2-5,7-8H2,1H3,(H2,19,20,21,22)/t10-,13?/m0/s1. The topological polar surface area (TPSA) is 86.1 Å². The third kappa shape index (κ3) is 2.68. The van der Waals surface area contributed by atoms with Crippen LogP contribution in [0.5, 0.6) is 5.75 Å². The lowest BCUT2D eigenvalue weighted by molar-refractivity contribution is 0.137. The minimum Gasteiger partial charge on any atom is -0.482 e. The van der Waals surface area contributed by atoms with Crippen LogP contribution in [0.4, 0.5) is 17.6 Å². The Balaban J connectivity index is 1.61. The second-order valence-corrected chi connectivity index (χ2v) is 7.55. The molecule has 8 nitrogen and oxygen atoms in total. The van der Waals surface area contributed by atoms with Gasteiger partial charge in [0.2, 0.25) is 5.95 Å². The molecule has 0 spiro atoms. The number of anilines is 3. The summed E-state index contributed by atoms with van der Waals surface area (Å²) in [5, 5.41) is 11.9. The van der Waals surface area contributed by atoms with Crippen molar-refractivity contribution in [1.82, 2.24) is 19.7 Å².